The Bertz CT molecular complexity index is 713. The zero-order valence-corrected chi connectivity index (χ0v) is 14.4. The second kappa shape index (κ2) is 7.74. The molecule has 7 heteroatoms. The fourth-order valence-corrected chi connectivity index (χ4v) is 2.80. The van der Waals surface area contributed by atoms with Crippen molar-refractivity contribution in [2.45, 2.75) is 0 Å². The summed E-state index contributed by atoms with van der Waals surface area (Å²) in [5.74, 6) is 1.25. The number of methoxy groups -OCH3 is 2. The van der Waals surface area contributed by atoms with Crippen LogP contribution in [0.25, 0.3) is 0 Å². The minimum atomic E-state index is -0.138. The SMILES string of the molecule is COc1ccc(N2CCN(C(=O)Nc3cccnc3OC)CC2)cc1. The molecule has 1 aliphatic heterocycles. The van der Waals surface area contributed by atoms with E-state index in [4.69, 9.17) is 9.47 Å². The lowest BCUT2D eigenvalue weighted by Crippen LogP contribution is -2.50. The number of nitrogens with one attached hydrogen (secondary N) is 1. The predicted octanol–water partition coefficient (Wildman–Crippen LogP) is 2.45. The molecular formula is C18H22N4O3. The van der Waals surface area contributed by atoms with E-state index in [1.165, 1.54) is 7.11 Å². The Kier molecular flexibility index (Phi) is 5.23. The van der Waals surface area contributed by atoms with Crippen LogP contribution in [0.2, 0.25) is 0 Å². The topological polar surface area (TPSA) is 66.9 Å². The number of hydrogen-bond donors (Lipinski definition) is 1. The van der Waals surface area contributed by atoms with E-state index in [1.807, 2.05) is 24.3 Å². The van der Waals surface area contributed by atoms with Crippen molar-refractivity contribution in [1.82, 2.24) is 9.88 Å². The van der Waals surface area contributed by atoms with Gasteiger partial charge in [-0.15, -0.1) is 0 Å². The molecule has 2 aromatic rings. The molecular weight excluding hydrogens is 320 g/mol. The second-order valence-corrected chi connectivity index (χ2v) is 5.66. The Balaban J connectivity index is 1.57. The van der Waals surface area contributed by atoms with Gasteiger partial charge in [-0.3, -0.25) is 0 Å². The quantitative estimate of drug-likeness (QED) is 0.924. The number of rotatable bonds is 4. The minimum absolute atomic E-state index is 0.138. The Morgan fingerprint density at radius 2 is 1.76 bits per heavy atom. The van der Waals surface area contributed by atoms with Crippen LogP contribution in [0.3, 0.4) is 0 Å². The van der Waals surface area contributed by atoms with Gasteiger partial charge in [-0.25, -0.2) is 9.78 Å². The summed E-state index contributed by atoms with van der Waals surface area (Å²) in [5, 5.41) is 2.87. The van der Waals surface area contributed by atoms with E-state index in [1.54, 1.807) is 30.3 Å². The van der Waals surface area contributed by atoms with E-state index < -0.39 is 0 Å². The molecule has 1 aromatic heterocycles. The molecule has 1 aliphatic rings. The number of carbonyl (C=O) groups is 1. The van der Waals surface area contributed by atoms with Gasteiger partial charge in [0.1, 0.15) is 11.4 Å². The van der Waals surface area contributed by atoms with E-state index in [-0.39, 0.29) is 6.03 Å². The van der Waals surface area contributed by atoms with Crippen LogP contribution in [0, 0.1) is 0 Å². The van der Waals surface area contributed by atoms with Crippen LogP contribution in [-0.2, 0) is 0 Å². The fourth-order valence-electron chi connectivity index (χ4n) is 2.80. The molecule has 2 amide bonds. The maximum absolute atomic E-state index is 12.5. The van der Waals surface area contributed by atoms with Crippen molar-refractivity contribution in [1.29, 1.82) is 0 Å². The van der Waals surface area contributed by atoms with Crippen LogP contribution >= 0.6 is 0 Å². The number of nitrogens with zero attached hydrogens (tertiary/aromatic N) is 3. The normalized spacial score (nSPS) is 14.2. The van der Waals surface area contributed by atoms with Gasteiger partial charge in [0.15, 0.2) is 0 Å². The first-order valence-corrected chi connectivity index (χ1v) is 8.15. The third-order valence-electron chi connectivity index (χ3n) is 4.21. The van der Waals surface area contributed by atoms with Crippen molar-refractivity contribution >= 4 is 17.4 Å². The van der Waals surface area contributed by atoms with Gasteiger partial charge < -0.3 is 24.6 Å². The maximum Gasteiger partial charge on any atom is 0.322 e. The van der Waals surface area contributed by atoms with Crippen LogP contribution in [0.15, 0.2) is 42.6 Å². The van der Waals surface area contributed by atoms with Crippen molar-refractivity contribution in [2.75, 3.05) is 50.6 Å². The van der Waals surface area contributed by atoms with Gasteiger partial charge in [0, 0.05) is 38.1 Å². The summed E-state index contributed by atoms with van der Waals surface area (Å²) in [7, 11) is 3.19. The first-order valence-electron chi connectivity index (χ1n) is 8.15. The summed E-state index contributed by atoms with van der Waals surface area (Å²) in [6, 6.07) is 11.4. The molecule has 0 saturated carbocycles. The molecule has 1 fully saturated rings. The van der Waals surface area contributed by atoms with E-state index in [2.05, 4.69) is 15.2 Å². The van der Waals surface area contributed by atoms with Crippen LogP contribution in [-0.4, -0.2) is 56.3 Å². The van der Waals surface area contributed by atoms with E-state index >= 15 is 0 Å². The van der Waals surface area contributed by atoms with Gasteiger partial charge in [0.05, 0.1) is 14.2 Å². The lowest BCUT2D eigenvalue weighted by molar-refractivity contribution is 0.208. The van der Waals surface area contributed by atoms with Crippen LogP contribution in [0.4, 0.5) is 16.2 Å². The predicted molar refractivity (Wildman–Crippen MR) is 96.6 cm³/mol. The molecule has 1 aromatic carbocycles. The van der Waals surface area contributed by atoms with Crippen LogP contribution < -0.4 is 19.7 Å². The number of piperazine rings is 1. The largest absolute Gasteiger partial charge is 0.497 e. The zero-order chi connectivity index (χ0) is 17.6. The molecule has 1 saturated heterocycles. The molecule has 1 N–H and O–H groups in total. The number of pyridine rings is 1. The van der Waals surface area contributed by atoms with Gasteiger partial charge in [-0.05, 0) is 36.4 Å². The summed E-state index contributed by atoms with van der Waals surface area (Å²) >= 11 is 0. The minimum Gasteiger partial charge on any atom is -0.497 e. The second-order valence-electron chi connectivity index (χ2n) is 5.66. The monoisotopic (exact) mass is 342 g/mol. The number of urea groups is 1. The third-order valence-corrected chi connectivity index (χ3v) is 4.21. The number of hydrogen-bond acceptors (Lipinski definition) is 5. The highest BCUT2D eigenvalue weighted by Crippen LogP contribution is 2.22. The standard InChI is InChI=1S/C18H22N4O3/c1-24-15-7-5-14(6-8-15)21-10-12-22(13-11-21)18(23)20-16-4-3-9-19-17(16)25-2/h3-9H,10-13H2,1-2H3,(H,20,23). The van der Waals surface area contributed by atoms with E-state index in [9.17, 15) is 4.79 Å². The van der Waals surface area contributed by atoms with Crippen molar-refractivity contribution in [3.8, 4) is 11.6 Å². The smallest absolute Gasteiger partial charge is 0.322 e. The summed E-state index contributed by atoms with van der Waals surface area (Å²) < 4.78 is 10.3. The van der Waals surface area contributed by atoms with Gasteiger partial charge in [-0.1, -0.05) is 0 Å². The lowest BCUT2D eigenvalue weighted by atomic mass is 10.2. The average molecular weight is 342 g/mol. The van der Waals surface area contributed by atoms with Crippen LogP contribution in [0.5, 0.6) is 11.6 Å². The highest BCUT2D eigenvalue weighted by Gasteiger charge is 2.22. The highest BCUT2D eigenvalue weighted by molar-refractivity contribution is 5.90. The number of anilines is 2. The highest BCUT2D eigenvalue weighted by atomic mass is 16.5. The van der Waals surface area contributed by atoms with E-state index in [0.29, 0.717) is 24.7 Å². The van der Waals surface area contributed by atoms with Gasteiger partial charge in [-0.2, -0.15) is 0 Å². The van der Waals surface area contributed by atoms with Gasteiger partial charge >= 0.3 is 6.03 Å². The number of benzene rings is 1. The van der Waals surface area contributed by atoms with Crippen molar-refractivity contribution in [3.05, 3.63) is 42.6 Å². The molecule has 0 spiro atoms. The Morgan fingerprint density at radius 3 is 2.40 bits per heavy atom. The summed E-state index contributed by atoms with van der Waals surface area (Å²) in [5.41, 5.74) is 1.71. The Hall–Kier alpha value is -2.96. The molecule has 132 valence electrons. The molecule has 0 bridgehead atoms. The number of ether oxygens (including phenoxy) is 2. The van der Waals surface area contributed by atoms with Crippen molar-refractivity contribution in [2.24, 2.45) is 0 Å². The Labute approximate surface area is 147 Å². The van der Waals surface area contributed by atoms with Gasteiger partial charge in [0.2, 0.25) is 5.88 Å². The van der Waals surface area contributed by atoms with Gasteiger partial charge in [0.25, 0.3) is 0 Å². The molecule has 3 rings (SSSR count). The molecule has 0 radical (unpaired) electrons. The number of carbonyl (C=O) groups excluding carboxylic acids is 1. The summed E-state index contributed by atoms with van der Waals surface area (Å²) in [4.78, 5) is 20.6. The number of amides is 2. The molecule has 25 heavy (non-hydrogen) atoms. The van der Waals surface area contributed by atoms with Crippen molar-refractivity contribution in [3.63, 3.8) is 0 Å². The molecule has 2 heterocycles. The first-order chi connectivity index (χ1) is 12.2. The fraction of sp³-hybridized carbons (Fsp3) is 0.333. The third kappa shape index (κ3) is 3.93. The first kappa shape index (κ1) is 16.9. The van der Waals surface area contributed by atoms with Crippen molar-refractivity contribution < 1.29 is 14.3 Å². The Morgan fingerprint density at radius 1 is 1.04 bits per heavy atom. The lowest BCUT2D eigenvalue weighted by Gasteiger charge is -2.36. The molecule has 0 aliphatic carbocycles. The maximum atomic E-state index is 12.5. The molecule has 0 atom stereocenters. The zero-order valence-electron chi connectivity index (χ0n) is 14.4. The van der Waals surface area contributed by atoms with Crippen LogP contribution in [0.1, 0.15) is 0 Å². The molecule has 7 nitrogen and oxygen atoms in total. The number of aromatic nitrogens is 1. The molecule has 0 unspecified atom stereocenters. The summed E-state index contributed by atoms with van der Waals surface area (Å²) in [6.45, 7) is 2.87. The summed E-state index contributed by atoms with van der Waals surface area (Å²) in [6.07, 6.45) is 1.63. The van der Waals surface area contributed by atoms with E-state index in [0.717, 1.165) is 24.5 Å². The average Bonchev–Trinajstić information content (AvgIpc) is 2.68.